The fraction of sp³-hybridized carbons (Fsp3) is 0.261. The Balaban J connectivity index is 0.000000186. The normalized spacial score (nSPS) is 18.3. The minimum absolute atomic E-state index is 0.0724. The summed E-state index contributed by atoms with van der Waals surface area (Å²) in [6.07, 6.45) is 2.17. The van der Waals surface area contributed by atoms with E-state index >= 15 is 0 Å². The van der Waals surface area contributed by atoms with Crippen LogP contribution in [0.2, 0.25) is 5.15 Å². The van der Waals surface area contributed by atoms with E-state index in [0.717, 1.165) is 27.6 Å². The third-order valence-corrected chi connectivity index (χ3v) is 5.75. The van der Waals surface area contributed by atoms with Gasteiger partial charge in [-0.25, -0.2) is 24.7 Å². The summed E-state index contributed by atoms with van der Waals surface area (Å²) in [7, 11) is 0. The van der Waals surface area contributed by atoms with Crippen molar-refractivity contribution in [1.82, 2.24) is 24.8 Å². The van der Waals surface area contributed by atoms with Gasteiger partial charge in [0, 0.05) is 35.9 Å². The van der Waals surface area contributed by atoms with E-state index in [-0.39, 0.29) is 12.1 Å². The summed E-state index contributed by atoms with van der Waals surface area (Å²) in [6, 6.07) is 15.7. The Morgan fingerprint density at radius 2 is 1.41 bits per heavy atom. The Kier molecular flexibility index (Phi) is 6.32. The fourth-order valence-corrected chi connectivity index (χ4v) is 4.27. The summed E-state index contributed by atoms with van der Waals surface area (Å²) in [6.45, 7) is 5.03. The van der Waals surface area contributed by atoms with Crippen molar-refractivity contribution < 1.29 is 9.90 Å². The second kappa shape index (κ2) is 9.32. The number of para-hydroxylation sites is 2. The van der Waals surface area contributed by atoms with E-state index in [4.69, 9.17) is 11.6 Å². The lowest BCUT2D eigenvalue weighted by Crippen LogP contribution is -2.58. The molecule has 3 heterocycles. The van der Waals surface area contributed by atoms with Gasteiger partial charge in [-0.15, -0.1) is 0 Å². The second-order valence-electron chi connectivity index (χ2n) is 7.69. The average Bonchev–Trinajstić information content (AvgIpc) is 2.79. The highest BCUT2D eigenvalue weighted by molar-refractivity contribution is 6.33. The van der Waals surface area contributed by atoms with Crippen molar-refractivity contribution in [2.75, 3.05) is 18.0 Å². The highest BCUT2D eigenvalue weighted by Gasteiger charge is 2.33. The van der Waals surface area contributed by atoms with Gasteiger partial charge in [0.1, 0.15) is 23.6 Å². The number of benzene rings is 2. The topological polar surface area (TPSA) is 95.3 Å². The van der Waals surface area contributed by atoms with E-state index in [1.807, 2.05) is 62.4 Å². The van der Waals surface area contributed by atoms with Gasteiger partial charge >= 0.3 is 6.09 Å². The summed E-state index contributed by atoms with van der Waals surface area (Å²) in [5.74, 6) is 0.880. The Morgan fingerprint density at radius 1 is 0.875 bits per heavy atom. The van der Waals surface area contributed by atoms with Crippen LogP contribution in [-0.4, -0.2) is 61.2 Å². The smallest absolute Gasteiger partial charge is 0.407 e. The molecule has 164 valence electrons. The van der Waals surface area contributed by atoms with Crippen molar-refractivity contribution in [1.29, 1.82) is 0 Å². The van der Waals surface area contributed by atoms with Crippen molar-refractivity contribution in [2.45, 2.75) is 25.9 Å². The summed E-state index contributed by atoms with van der Waals surface area (Å²) in [5, 5.41) is 11.6. The Hall–Kier alpha value is -3.52. The van der Waals surface area contributed by atoms with Crippen LogP contribution in [0.15, 0.2) is 61.2 Å². The zero-order chi connectivity index (χ0) is 22.7. The number of carboxylic acid groups (broad SMARTS) is 1. The van der Waals surface area contributed by atoms with Gasteiger partial charge in [0.15, 0.2) is 0 Å². The van der Waals surface area contributed by atoms with E-state index in [0.29, 0.717) is 18.2 Å². The molecule has 2 aromatic heterocycles. The van der Waals surface area contributed by atoms with Gasteiger partial charge in [0.2, 0.25) is 0 Å². The lowest BCUT2D eigenvalue weighted by molar-refractivity contribution is 0.128. The Morgan fingerprint density at radius 3 is 2.00 bits per heavy atom. The summed E-state index contributed by atoms with van der Waals surface area (Å²) in [4.78, 5) is 31.5. The minimum atomic E-state index is -0.860. The van der Waals surface area contributed by atoms with Crippen LogP contribution in [0.1, 0.15) is 13.8 Å². The zero-order valence-corrected chi connectivity index (χ0v) is 18.5. The maximum absolute atomic E-state index is 11.2. The molecule has 0 saturated carbocycles. The molecule has 1 amide bonds. The van der Waals surface area contributed by atoms with Gasteiger partial charge in [0.05, 0.1) is 11.0 Å². The standard InChI is InChI=1S/C15H18N4O2.C8H5ClN2/c1-10-7-18(15(20)21)8-11(2)19(10)14-12-5-3-4-6-13(12)16-9-17-14;9-8-6-3-1-2-4-7(6)10-5-11-8/h3-6,9-11H,7-8H2,1-2H3,(H,20,21);1-5H. The molecular weight excluding hydrogens is 428 g/mol. The SMILES string of the molecule is CC1CN(C(=O)O)CC(C)N1c1ncnc2ccccc12.Clc1ncnc2ccccc12. The molecule has 0 spiro atoms. The van der Waals surface area contributed by atoms with E-state index in [2.05, 4.69) is 24.8 Å². The van der Waals surface area contributed by atoms with Crippen LogP contribution in [0.4, 0.5) is 10.6 Å². The minimum Gasteiger partial charge on any atom is -0.465 e. The van der Waals surface area contributed by atoms with Crippen molar-refractivity contribution >= 4 is 45.3 Å². The van der Waals surface area contributed by atoms with E-state index in [1.165, 1.54) is 11.2 Å². The molecule has 1 aliphatic rings. The van der Waals surface area contributed by atoms with Crippen molar-refractivity contribution in [3.05, 3.63) is 66.3 Å². The molecule has 1 N–H and O–H groups in total. The van der Waals surface area contributed by atoms with E-state index < -0.39 is 6.09 Å². The van der Waals surface area contributed by atoms with Gasteiger partial charge < -0.3 is 14.9 Å². The first kappa shape index (κ1) is 21.7. The molecule has 2 atom stereocenters. The van der Waals surface area contributed by atoms with E-state index in [9.17, 15) is 9.90 Å². The summed E-state index contributed by atoms with van der Waals surface area (Å²) < 4.78 is 0. The van der Waals surface area contributed by atoms with E-state index in [1.54, 1.807) is 6.33 Å². The first-order valence-electron chi connectivity index (χ1n) is 10.3. The molecule has 2 unspecified atom stereocenters. The molecule has 2 aromatic carbocycles. The maximum Gasteiger partial charge on any atom is 0.407 e. The third-order valence-electron chi connectivity index (χ3n) is 5.45. The predicted octanol–water partition coefficient (Wildman–Crippen LogP) is 4.49. The van der Waals surface area contributed by atoms with Gasteiger partial charge in [-0.1, -0.05) is 35.9 Å². The predicted molar refractivity (Wildman–Crippen MR) is 125 cm³/mol. The van der Waals surface area contributed by atoms with Gasteiger partial charge in [-0.3, -0.25) is 0 Å². The number of fused-ring (bicyclic) bond motifs is 2. The number of carbonyl (C=O) groups is 1. The lowest BCUT2D eigenvalue weighted by atomic mass is 10.1. The quantitative estimate of drug-likeness (QED) is 0.427. The van der Waals surface area contributed by atoms with Crippen molar-refractivity contribution in [2.24, 2.45) is 0 Å². The molecule has 1 saturated heterocycles. The maximum atomic E-state index is 11.2. The van der Waals surface area contributed by atoms with Crippen LogP contribution in [0.3, 0.4) is 0 Å². The van der Waals surface area contributed by atoms with Gasteiger partial charge in [-0.2, -0.15) is 0 Å². The molecule has 0 aliphatic carbocycles. The monoisotopic (exact) mass is 450 g/mol. The van der Waals surface area contributed by atoms with Crippen LogP contribution in [0.5, 0.6) is 0 Å². The molecule has 8 nitrogen and oxygen atoms in total. The number of nitrogens with zero attached hydrogens (tertiary/aromatic N) is 6. The van der Waals surface area contributed by atoms with Crippen LogP contribution in [0.25, 0.3) is 21.8 Å². The number of halogens is 1. The molecule has 32 heavy (non-hydrogen) atoms. The van der Waals surface area contributed by atoms with Crippen LogP contribution in [-0.2, 0) is 0 Å². The molecule has 5 rings (SSSR count). The first-order chi connectivity index (χ1) is 15.5. The molecule has 1 aliphatic heterocycles. The highest BCUT2D eigenvalue weighted by Crippen LogP contribution is 2.28. The number of piperazine rings is 1. The second-order valence-corrected chi connectivity index (χ2v) is 8.05. The largest absolute Gasteiger partial charge is 0.465 e. The number of hydrogen-bond acceptors (Lipinski definition) is 6. The molecule has 9 heteroatoms. The van der Waals surface area contributed by atoms with Gasteiger partial charge in [0.25, 0.3) is 0 Å². The fourth-order valence-electron chi connectivity index (χ4n) is 4.06. The first-order valence-corrected chi connectivity index (χ1v) is 10.6. The summed E-state index contributed by atoms with van der Waals surface area (Å²) >= 11 is 5.81. The third kappa shape index (κ3) is 4.40. The lowest BCUT2D eigenvalue weighted by Gasteiger charge is -2.44. The average molecular weight is 451 g/mol. The number of anilines is 1. The van der Waals surface area contributed by atoms with Crippen molar-refractivity contribution in [3.63, 3.8) is 0 Å². The molecule has 1 fully saturated rings. The van der Waals surface area contributed by atoms with Crippen LogP contribution < -0.4 is 4.90 Å². The van der Waals surface area contributed by atoms with Crippen LogP contribution >= 0.6 is 11.6 Å². The highest BCUT2D eigenvalue weighted by atomic mass is 35.5. The number of aromatic nitrogens is 4. The Bertz CT molecular complexity index is 1230. The molecule has 0 radical (unpaired) electrons. The molecule has 0 bridgehead atoms. The van der Waals surface area contributed by atoms with Crippen molar-refractivity contribution in [3.8, 4) is 0 Å². The number of rotatable bonds is 1. The number of amides is 1. The van der Waals surface area contributed by atoms with Gasteiger partial charge in [-0.05, 0) is 38.1 Å². The van der Waals surface area contributed by atoms with Crippen LogP contribution in [0, 0.1) is 0 Å². The Labute approximate surface area is 190 Å². The molecular formula is C23H23ClN6O2. The zero-order valence-electron chi connectivity index (χ0n) is 17.8. The molecule has 4 aromatic rings. The number of hydrogen-bond donors (Lipinski definition) is 1. The summed E-state index contributed by atoms with van der Waals surface area (Å²) in [5.41, 5.74) is 1.79.